The van der Waals surface area contributed by atoms with Crippen molar-refractivity contribution in [3.8, 4) is 11.3 Å². The fraction of sp³-hybridized carbons (Fsp3) is 0.350. The summed E-state index contributed by atoms with van der Waals surface area (Å²) in [6, 6.07) is 9.56. The second-order valence-corrected chi connectivity index (χ2v) is 7.13. The summed E-state index contributed by atoms with van der Waals surface area (Å²) in [7, 11) is 1.98. The zero-order chi connectivity index (χ0) is 20.6. The summed E-state index contributed by atoms with van der Waals surface area (Å²) in [6.45, 7) is 2.64. The predicted octanol–water partition coefficient (Wildman–Crippen LogP) is 3.19. The summed E-state index contributed by atoms with van der Waals surface area (Å²) in [6.07, 6.45) is -2.65. The van der Waals surface area contributed by atoms with Crippen LogP contribution in [0.3, 0.4) is 0 Å². The lowest BCUT2D eigenvalue weighted by Gasteiger charge is -2.20. The highest BCUT2D eigenvalue weighted by Crippen LogP contribution is 2.32. The molecule has 1 amide bonds. The molecule has 152 valence electrons. The third kappa shape index (κ3) is 3.82. The van der Waals surface area contributed by atoms with E-state index in [-0.39, 0.29) is 22.8 Å². The molecule has 0 atom stereocenters. The second kappa shape index (κ2) is 7.47. The fourth-order valence-electron chi connectivity index (χ4n) is 3.49. The van der Waals surface area contributed by atoms with Crippen molar-refractivity contribution >= 4 is 11.6 Å². The maximum Gasteiger partial charge on any atom is 0.433 e. The average molecular weight is 403 g/mol. The van der Waals surface area contributed by atoms with E-state index in [2.05, 4.69) is 15.0 Å². The van der Waals surface area contributed by atoms with E-state index >= 15 is 0 Å². The Hall–Kier alpha value is -2.94. The van der Waals surface area contributed by atoms with Gasteiger partial charge in [-0.25, -0.2) is 9.50 Å². The molecule has 1 aromatic carbocycles. The van der Waals surface area contributed by atoms with E-state index in [1.165, 1.54) is 6.20 Å². The van der Waals surface area contributed by atoms with Crippen molar-refractivity contribution in [3.63, 3.8) is 0 Å². The Kier molecular flexibility index (Phi) is 4.99. The number of carbonyl (C=O) groups is 1. The number of alkyl halides is 3. The first kappa shape index (κ1) is 19.4. The number of rotatable bonds is 2. The topological polar surface area (TPSA) is 53.7 Å². The quantitative estimate of drug-likeness (QED) is 0.660. The molecule has 0 unspecified atom stereocenters. The van der Waals surface area contributed by atoms with Crippen LogP contribution in [0, 0.1) is 0 Å². The van der Waals surface area contributed by atoms with Crippen LogP contribution in [0.4, 0.5) is 13.2 Å². The van der Waals surface area contributed by atoms with E-state index in [0.29, 0.717) is 29.7 Å². The summed E-state index contributed by atoms with van der Waals surface area (Å²) < 4.78 is 41.8. The number of hydrogen-bond acceptors (Lipinski definition) is 4. The van der Waals surface area contributed by atoms with Gasteiger partial charge in [0.05, 0.1) is 11.9 Å². The molecule has 0 bridgehead atoms. The molecule has 0 N–H and O–H groups in total. The molecule has 4 rings (SSSR count). The van der Waals surface area contributed by atoms with Crippen LogP contribution in [-0.4, -0.2) is 63.5 Å². The van der Waals surface area contributed by atoms with Crippen molar-refractivity contribution in [2.24, 2.45) is 0 Å². The van der Waals surface area contributed by atoms with Crippen molar-refractivity contribution in [1.29, 1.82) is 0 Å². The Morgan fingerprint density at radius 2 is 1.83 bits per heavy atom. The van der Waals surface area contributed by atoms with Gasteiger partial charge < -0.3 is 9.80 Å². The van der Waals surface area contributed by atoms with Crippen molar-refractivity contribution in [1.82, 2.24) is 24.4 Å². The van der Waals surface area contributed by atoms with E-state index in [9.17, 15) is 18.0 Å². The van der Waals surface area contributed by atoms with Gasteiger partial charge in [-0.15, -0.1) is 0 Å². The molecule has 29 heavy (non-hydrogen) atoms. The molecule has 9 heteroatoms. The van der Waals surface area contributed by atoms with Crippen molar-refractivity contribution < 1.29 is 18.0 Å². The minimum Gasteiger partial charge on any atom is -0.337 e. The van der Waals surface area contributed by atoms with Gasteiger partial charge in [0.1, 0.15) is 5.56 Å². The average Bonchev–Trinajstić information content (AvgIpc) is 3.00. The summed E-state index contributed by atoms with van der Waals surface area (Å²) in [5, 5.41) is 3.85. The maximum absolute atomic E-state index is 13.7. The molecule has 6 nitrogen and oxygen atoms in total. The number of aromatic nitrogens is 3. The number of likely N-dealkylation sites (N-methyl/N-ethyl adjacent to an activating group) is 1. The lowest BCUT2D eigenvalue weighted by molar-refractivity contribution is -0.142. The number of benzene rings is 1. The zero-order valence-electron chi connectivity index (χ0n) is 15.9. The smallest absolute Gasteiger partial charge is 0.337 e. The number of carbonyl (C=O) groups excluding carboxylic acids is 1. The standard InChI is InChI=1S/C20H20F3N5O/c1-26-8-5-9-27(11-10-26)19(29)15-13-24-28-17(20(21,22)23)12-16(25-18(15)28)14-6-3-2-4-7-14/h2-4,6-7,12-13H,5,8-11H2,1H3. The van der Waals surface area contributed by atoms with Gasteiger partial charge in [0.25, 0.3) is 5.91 Å². The van der Waals surface area contributed by atoms with Crippen molar-refractivity contribution in [2.75, 3.05) is 33.2 Å². The third-order valence-electron chi connectivity index (χ3n) is 5.07. The van der Waals surface area contributed by atoms with Crippen molar-refractivity contribution in [3.05, 3.63) is 53.9 Å². The molecule has 0 aliphatic carbocycles. The summed E-state index contributed by atoms with van der Waals surface area (Å²) in [5.41, 5.74) is -0.276. The van der Waals surface area contributed by atoms with E-state index < -0.39 is 11.9 Å². The van der Waals surface area contributed by atoms with Crippen LogP contribution in [0.25, 0.3) is 16.9 Å². The molecule has 0 radical (unpaired) electrons. The summed E-state index contributed by atoms with van der Waals surface area (Å²) in [4.78, 5) is 21.2. The number of nitrogens with zero attached hydrogens (tertiary/aromatic N) is 5. The summed E-state index contributed by atoms with van der Waals surface area (Å²) >= 11 is 0. The van der Waals surface area contributed by atoms with Gasteiger partial charge in [0, 0.05) is 25.2 Å². The highest BCUT2D eigenvalue weighted by molar-refractivity contribution is 6.00. The predicted molar refractivity (Wildman–Crippen MR) is 101 cm³/mol. The first-order chi connectivity index (χ1) is 13.8. The highest BCUT2D eigenvalue weighted by Gasteiger charge is 2.36. The Labute approximate surface area is 165 Å². The molecule has 1 aliphatic rings. The molecule has 1 saturated heterocycles. The Morgan fingerprint density at radius 1 is 1.07 bits per heavy atom. The number of fused-ring (bicyclic) bond motifs is 1. The molecule has 3 aromatic rings. The lowest BCUT2D eigenvalue weighted by Crippen LogP contribution is -2.34. The molecular weight excluding hydrogens is 383 g/mol. The van der Waals surface area contributed by atoms with E-state index in [1.807, 2.05) is 7.05 Å². The van der Waals surface area contributed by atoms with Gasteiger partial charge in [-0.05, 0) is 26.1 Å². The van der Waals surface area contributed by atoms with Crippen LogP contribution in [0.15, 0.2) is 42.6 Å². The van der Waals surface area contributed by atoms with Gasteiger partial charge in [0.15, 0.2) is 11.3 Å². The SMILES string of the molecule is CN1CCCN(C(=O)c2cnn3c(C(F)(F)F)cc(-c4ccccc4)nc23)CC1. The minimum absolute atomic E-state index is 0.0813. The Morgan fingerprint density at radius 3 is 2.55 bits per heavy atom. The Balaban J connectivity index is 1.83. The molecular formula is C20H20F3N5O. The second-order valence-electron chi connectivity index (χ2n) is 7.13. The molecule has 1 aliphatic heterocycles. The van der Waals surface area contributed by atoms with E-state index in [1.54, 1.807) is 35.2 Å². The van der Waals surface area contributed by atoms with Gasteiger partial charge >= 0.3 is 6.18 Å². The number of hydrogen-bond donors (Lipinski definition) is 0. The van der Waals surface area contributed by atoms with Crippen LogP contribution < -0.4 is 0 Å². The first-order valence-electron chi connectivity index (χ1n) is 9.34. The minimum atomic E-state index is -4.64. The fourth-order valence-corrected chi connectivity index (χ4v) is 3.49. The largest absolute Gasteiger partial charge is 0.433 e. The van der Waals surface area contributed by atoms with Gasteiger partial charge in [-0.3, -0.25) is 4.79 Å². The summed E-state index contributed by atoms with van der Waals surface area (Å²) in [5.74, 6) is -0.346. The Bertz CT molecular complexity index is 1030. The van der Waals surface area contributed by atoms with Crippen LogP contribution in [0.1, 0.15) is 22.5 Å². The van der Waals surface area contributed by atoms with Gasteiger partial charge in [-0.1, -0.05) is 30.3 Å². The monoisotopic (exact) mass is 403 g/mol. The van der Waals surface area contributed by atoms with Gasteiger partial charge in [0.2, 0.25) is 0 Å². The number of amides is 1. The first-order valence-corrected chi connectivity index (χ1v) is 9.34. The highest BCUT2D eigenvalue weighted by atomic mass is 19.4. The third-order valence-corrected chi connectivity index (χ3v) is 5.07. The van der Waals surface area contributed by atoms with Gasteiger partial charge in [-0.2, -0.15) is 18.3 Å². The molecule has 0 saturated carbocycles. The molecule has 1 fully saturated rings. The lowest BCUT2D eigenvalue weighted by atomic mass is 10.1. The molecule has 0 spiro atoms. The van der Waals surface area contributed by atoms with Crippen LogP contribution >= 0.6 is 0 Å². The zero-order valence-corrected chi connectivity index (χ0v) is 15.9. The van der Waals surface area contributed by atoms with E-state index in [0.717, 1.165) is 19.0 Å². The normalized spacial score (nSPS) is 16.2. The van der Waals surface area contributed by atoms with Crippen LogP contribution in [0.2, 0.25) is 0 Å². The van der Waals surface area contributed by atoms with Crippen molar-refractivity contribution in [2.45, 2.75) is 12.6 Å². The maximum atomic E-state index is 13.7. The van der Waals surface area contributed by atoms with E-state index in [4.69, 9.17) is 0 Å². The number of halogens is 3. The van der Waals surface area contributed by atoms with Crippen LogP contribution in [-0.2, 0) is 6.18 Å². The van der Waals surface area contributed by atoms with Crippen LogP contribution in [0.5, 0.6) is 0 Å². The molecule has 3 heterocycles. The molecule has 2 aromatic heterocycles.